The van der Waals surface area contributed by atoms with Gasteiger partial charge in [0.25, 0.3) is 5.91 Å². The van der Waals surface area contributed by atoms with E-state index in [1.807, 2.05) is 42.2 Å². The molecule has 7 nitrogen and oxygen atoms in total. The van der Waals surface area contributed by atoms with Crippen LogP contribution in [-0.4, -0.2) is 37.5 Å². The number of carbonyl (C=O) groups excluding carboxylic acids is 1. The van der Waals surface area contributed by atoms with Gasteiger partial charge in [0.05, 0.1) is 29.7 Å². The molecule has 1 unspecified atom stereocenters. The Kier molecular flexibility index (Phi) is 5.09. The van der Waals surface area contributed by atoms with Gasteiger partial charge < -0.3 is 9.42 Å². The summed E-state index contributed by atoms with van der Waals surface area (Å²) in [6.07, 6.45) is 4.97. The molecule has 0 spiro atoms. The molecule has 7 heteroatoms. The number of rotatable bonds is 4. The van der Waals surface area contributed by atoms with E-state index in [0.29, 0.717) is 17.8 Å². The third kappa shape index (κ3) is 3.49. The van der Waals surface area contributed by atoms with E-state index in [0.717, 1.165) is 35.4 Å². The Morgan fingerprint density at radius 1 is 1.06 bits per heavy atom. The van der Waals surface area contributed by atoms with Crippen LogP contribution in [-0.2, 0) is 0 Å². The van der Waals surface area contributed by atoms with Crippen molar-refractivity contribution in [3.05, 3.63) is 82.9 Å². The third-order valence-electron chi connectivity index (χ3n) is 6.27. The van der Waals surface area contributed by atoms with Crippen molar-refractivity contribution < 1.29 is 9.32 Å². The van der Waals surface area contributed by atoms with E-state index >= 15 is 0 Å². The van der Waals surface area contributed by atoms with Gasteiger partial charge in [-0.25, -0.2) is 0 Å². The second-order valence-electron chi connectivity index (χ2n) is 8.36. The van der Waals surface area contributed by atoms with Crippen LogP contribution >= 0.6 is 0 Å². The van der Waals surface area contributed by atoms with Crippen LogP contribution in [0.3, 0.4) is 0 Å². The fourth-order valence-corrected chi connectivity index (χ4v) is 4.40. The quantitative estimate of drug-likeness (QED) is 0.466. The van der Waals surface area contributed by atoms with Gasteiger partial charge in [0, 0.05) is 18.2 Å². The predicted octanol–water partition coefficient (Wildman–Crippen LogP) is 4.82. The molecule has 1 aliphatic rings. The summed E-state index contributed by atoms with van der Waals surface area (Å²) < 4.78 is 5.77. The van der Waals surface area contributed by atoms with Crippen LogP contribution in [0.5, 0.6) is 0 Å². The Morgan fingerprint density at radius 3 is 2.69 bits per heavy atom. The highest BCUT2D eigenvalue weighted by Crippen LogP contribution is 2.36. The standard InChI is InChI=1S/C25H25N5O2/c1-16-9-10-22(30-26-11-12-27-30)20(14-16)25(31)29-13-5-8-23(29)24-15-21(28-32-24)19-7-4-6-17(2)18(19)3/h4,6-7,9-12,14-15,23H,5,8,13H2,1-3H3. The van der Waals surface area contributed by atoms with Gasteiger partial charge in [-0.2, -0.15) is 15.0 Å². The van der Waals surface area contributed by atoms with Gasteiger partial charge in [-0.3, -0.25) is 4.79 Å². The van der Waals surface area contributed by atoms with Gasteiger partial charge in [0.15, 0.2) is 5.76 Å². The lowest BCUT2D eigenvalue weighted by Gasteiger charge is -2.24. The molecule has 162 valence electrons. The molecule has 0 N–H and O–H groups in total. The number of aromatic nitrogens is 4. The summed E-state index contributed by atoms with van der Waals surface area (Å²) in [5.74, 6) is 0.673. The Hall–Kier alpha value is -3.74. The number of benzene rings is 2. The molecule has 0 bridgehead atoms. The van der Waals surface area contributed by atoms with E-state index < -0.39 is 0 Å². The highest BCUT2D eigenvalue weighted by molar-refractivity contribution is 5.98. The highest BCUT2D eigenvalue weighted by atomic mass is 16.5. The predicted molar refractivity (Wildman–Crippen MR) is 121 cm³/mol. The number of amides is 1. The summed E-state index contributed by atoms with van der Waals surface area (Å²) in [7, 11) is 0. The topological polar surface area (TPSA) is 77.1 Å². The van der Waals surface area contributed by atoms with E-state index in [1.54, 1.807) is 12.4 Å². The Bertz CT molecular complexity index is 1280. The molecule has 0 aliphatic carbocycles. The van der Waals surface area contributed by atoms with Crippen molar-refractivity contribution in [3.63, 3.8) is 0 Å². The first kappa shape index (κ1) is 20.2. The van der Waals surface area contributed by atoms with Crippen LogP contribution in [0.1, 0.15) is 51.7 Å². The largest absolute Gasteiger partial charge is 0.359 e. The number of hydrogen-bond acceptors (Lipinski definition) is 5. The van der Waals surface area contributed by atoms with Crippen LogP contribution in [0, 0.1) is 20.8 Å². The highest BCUT2D eigenvalue weighted by Gasteiger charge is 2.34. The van der Waals surface area contributed by atoms with Gasteiger partial charge in [0.1, 0.15) is 5.69 Å². The number of aryl methyl sites for hydroxylation is 2. The van der Waals surface area contributed by atoms with Crippen LogP contribution in [0.15, 0.2) is 59.4 Å². The minimum Gasteiger partial charge on any atom is -0.359 e. The normalized spacial score (nSPS) is 16.0. The van der Waals surface area contributed by atoms with Crippen molar-refractivity contribution in [2.24, 2.45) is 0 Å². The molecule has 32 heavy (non-hydrogen) atoms. The molecule has 4 aromatic rings. The number of hydrogen-bond donors (Lipinski definition) is 0. The fraction of sp³-hybridized carbons (Fsp3) is 0.280. The van der Waals surface area contributed by atoms with Crippen molar-refractivity contribution in [3.8, 4) is 16.9 Å². The summed E-state index contributed by atoms with van der Waals surface area (Å²) in [6, 6.07) is 13.8. The van der Waals surface area contributed by atoms with Gasteiger partial charge in [-0.1, -0.05) is 35.0 Å². The zero-order valence-electron chi connectivity index (χ0n) is 18.4. The van der Waals surface area contributed by atoms with Crippen molar-refractivity contribution >= 4 is 5.91 Å². The van der Waals surface area contributed by atoms with Gasteiger partial charge in [0.2, 0.25) is 0 Å². The first-order valence-corrected chi connectivity index (χ1v) is 10.8. The molecule has 2 aromatic carbocycles. The Balaban J connectivity index is 1.48. The molecular formula is C25H25N5O2. The zero-order chi connectivity index (χ0) is 22.2. The van der Waals surface area contributed by atoms with Gasteiger partial charge in [-0.05, 0) is 56.9 Å². The van der Waals surface area contributed by atoms with Crippen molar-refractivity contribution in [2.75, 3.05) is 6.54 Å². The number of likely N-dealkylation sites (tertiary alicyclic amines) is 1. The molecule has 1 amide bonds. The van der Waals surface area contributed by atoms with Crippen LogP contribution < -0.4 is 0 Å². The maximum absolute atomic E-state index is 13.7. The smallest absolute Gasteiger partial charge is 0.256 e. The minimum absolute atomic E-state index is 0.0480. The number of nitrogens with zero attached hydrogens (tertiary/aromatic N) is 5. The molecule has 1 fully saturated rings. The summed E-state index contributed by atoms with van der Waals surface area (Å²) >= 11 is 0. The molecule has 1 saturated heterocycles. The molecule has 0 radical (unpaired) electrons. The average molecular weight is 428 g/mol. The van der Waals surface area contributed by atoms with Crippen molar-refractivity contribution in [1.82, 2.24) is 25.1 Å². The van der Waals surface area contributed by atoms with Crippen LogP contribution in [0.4, 0.5) is 0 Å². The van der Waals surface area contributed by atoms with Crippen LogP contribution in [0.2, 0.25) is 0 Å². The first-order valence-electron chi connectivity index (χ1n) is 10.8. The Morgan fingerprint density at radius 2 is 1.88 bits per heavy atom. The summed E-state index contributed by atoms with van der Waals surface area (Å²) in [4.78, 5) is 17.0. The lowest BCUT2D eigenvalue weighted by molar-refractivity contribution is 0.0714. The summed E-state index contributed by atoms with van der Waals surface area (Å²) in [5.41, 5.74) is 6.52. The third-order valence-corrected chi connectivity index (χ3v) is 6.27. The minimum atomic E-state index is -0.146. The van der Waals surface area contributed by atoms with Crippen molar-refractivity contribution in [1.29, 1.82) is 0 Å². The average Bonchev–Trinajstić information content (AvgIpc) is 3.56. The Labute approximate surface area is 186 Å². The molecule has 2 aromatic heterocycles. The van der Waals surface area contributed by atoms with E-state index in [2.05, 4.69) is 41.3 Å². The molecule has 0 saturated carbocycles. The van der Waals surface area contributed by atoms with Crippen LogP contribution in [0.25, 0.3) is 16.9 Å². The lowest BCUT2D eigenvalue weighted by atomic mass is 10.0. The van der Waals surface area contributed by atoms with E-state index in [9.17, 15) is 4.79 Å². The zero-order valence-corrected chi connectivity index (χ0v) is 18.4. The van der Waals surface area contributed by atoms with E-state index in [1.165, 1.54) is 15.9 Å². The second kappa shape index (κ2) is 8.07. The van der Waals surface area contributed by atoms with E-state index in [-0.39, 0.29) is 11.9 Å². The van der Waals surface area contributed by atoms with Crippen molar-refractivity contribution in [2.45, 2.75) is 39.7 Å². The molecule has 3 heterocycles. The molecule has 1 atom stereocenters. The summed E-state index contributed by atoms with van der Waals surface area (Å²) in [6.45, 7) is 6.83. The SMILES string of the molecule is Cc1ccc(-n2nccn2)c(C(=O)N2CCCC2c2cc(-c3cccc(C)c3C)no2)c1. The first-order chi connectivity index (χ1) is 15.5. The number of carbonyl (C=O) groups is 1. The van der Waals surface area contributed by atoms with Gasteiger partial charge >= 0.3 is 0 Å². The van der Waals surface area contributed by atoms with E-state index in [4.69, 9.17) is 4.52 Å². The maximum atomic E-state index is 13.7. The monoisotopic (exact) mass is 427 g/mol. The fourth-order valence-electron chi connectivity index (χ4n) is 4.40. The second-order valence-corrected chi connectivity index (χ2v) is 8.36. The summed E-state index contributed by atoms with van der Waals surface area (Å²) in [5, 5.41) is 12.8. The molecule has 5 rings (SSSR count). The molecule has 1 aliphatic heterocycles. The van der Waals surface area contributed by atoms with Gasteiger partial charge in [-0.15, -0.1) is 0 Å². The lowest BCUT2D eigenvalue weighted by Crippen LogP contribution is -2.31. The molecular weight excluding hydrogens is 402 g/mol. The maximum Gasteiger partial charge on any atom is 0.256 e.